The Morgan fingerprint density at radius 1 is 1.14 bits per heavy atom. The third-order valence-electron chi connectivity index (χ3n) is 4.09. The van der Waals surface area contributed by atoms with E-state index in [4.69, 9.17) is 10.5 Å². The molecule has 3 nitrogen and oxygen atoms in total. The van der Waals surface area contributed by atoms with E-state index < -0.39 is 0 Å². The second-order valence-electron chi connectivity index (χ2n) is 5.91. The summed E-state index contributed by atoms with van der Waals surface area (Å²) in [6.07, 6.45) is 5.85. The molecule has 120 valence electrons. The highest BCUT2D eigenvalue weighted by atomic mass is 16.5. The van der Waals surface area contributed by atoms with Gasteiger partial charge < -0.3 is 15.6 Å². The maximum absolute atomic E-state index is 9.28. The molecule has 0 fully saturated rings. The lowest BCUT2D eigenvalue weighted by Gasteiger charge is -2.20. The van der Waals surface area contributed by atoms with E-state index in [0.717, 1.165) is 25.2 Å². The number of rotatable bonds is 11. The molecule has 1 rings (SSSR count). The quantitative estimate of drug-likeness (QED) is 0.615. The van der Waals surface area contributed by atoms with Gasteiger partial charge in [0, 0.05) is 6.61 Å². The summed E-state index contributed by atoms with van der Waals surface area (Å²) < 4.78 is 5.74. The Hall–Kier alpha value is -1.06. The molecular weight excluding hydrogens is 262 g/mol. The van der Waals surface area contributed by atoms with Crippen LogP contribution < -0.4 is 10.5 Å². The van der Waals surface area contributed by atoms with E-state index in [0.29, 0.717) is 12.5 Å². The molecule has 21 heavy (non-hydrogen) atoms. The molecule has 0 radical (unpaired) electrons. The number of hydrogen-bond donors (Lipinski definition) is 2. The van der Waals surface area contributed by atoms with Gasteiger partial charge in [-0.3, -0.25) is 0 Å². The molecule has 0 saturated heterocycles. The minimum absolute atomic E-state index is 0.163. The van der Waals surface area contributed by atoms with Crippen LogP contribution >= 0.6 is 0 Å². The van der Waals surface area contributed by atoms with Crippen molar-refractivity contribution in [2.75, 3.05) is 19.8 Å². The van der Waals surface area contributed by atoms with E-state index >= 15 is 0 Å². The van der Waals surface area contributed by atoms with Crippen molar-refractivity contribution in [3.63, 3.8) is 0 Å². The number of nitrogens with two attached hydrogens (primary N) is 1. The summed E-state index contributed by atoms with van der Waals surface area (Å²) in [6, 6.07) is 8.31. The smallest absolute Gasteiger partial charge is 0.119 e. The Labute approximate surface area is 129 Å². The molecule has 1 aromatic carbocycles. The lowest BCUT2D eigenvalue weighted by Crippen LogP contribution is -2.26. The van der Waals surface area contributed by atoms with Crippen molar-refractivity contribution in [2.24, 2.45) is 17.6 Å². The molecule has 3 heteroatoms. The third kappa shape index (κ3) is 6.96. The molecule has 3 N–H and O–H groups in total. The van der Waals surface area contributed by atoms with Gasteiger partial charge in [0.25, 0.3) is 0 Å². The minimum atomic E-state index is 0.163. The number of benzene rings is 1. The molecule has 0 amide bonds. The van der Waals surface area contributed by atoms with Crippen LogP contribution in [-0.4, -0.2) is 24.9 Å². The normalized spacial score (nSPS) is 13.9. The van der Waals surface area contributed by atoms with Crippen molar-refractivity contribution in [1.82, 2.24) is 0 Å². The van der Waals surface area contributed by atoms with Gasteiger partial charge in [-0.05, 0) is 48.9 Å². The number of ether oxygens (including phenoxy) is 1. The van der Waals surface area contributed by atoms with Crippen LogP contribution in [-0.2, 0) is 6.42 Å². The van der Waals surface area contributed by atoms with E-state index in [1.54, 1.807) is 0 Å². The van der Waals surface area contributed by atoms with E-state index in [1.807, 2.05) is 12.1 Å². The Morgan fingerprint density at radius 3 is 2.43 bits per heavy atom. The van der Waals surface area contributed by atoms with Crippen LogP contribution in [0.5, 0.6) is 5.75 Å². The summed E-state index contributed by atoms with van der Waals surface area (Å²) in [5.74, 6) is 1.51. The van der Waals surface area contributed by atoms with Crippen molar-refractivity contribution in [1.29, 1.82) is 0 Å². The van der Waals surface area contributed by atoms with Crippen molar-refractivity contribution >= 4 is 0 Å². The van der Waals surface area contributed by atoms with Gasteiger partial charge in [0.2, 0.25) is 0 Å². The van der Waals surface area contributed by atoms with E-state index in [9.17, 15) is 5.11 Å². The van der Waals surface area contributed by atoms with Crippen molar-refractivity contribution in [3.05, 3.63) is 29.8 Å². The van der Waals surface area contributed by atoms with Crippen LogP contribution in [0, 0.1) is 11.8 Å². The predicted molar refractivity (Wildman–Crippen MR) is 88.6 cm³/mol. The van der Waals surface area contributed by atoms with Gasteiger partial charge >= 0.3 is 0 Å². The summed E-state index contributed by atoms with van der Waals surface area (Å²) in [4.78, 5) is 0. The van der Waals surface area contributed by atoms with Gasteiger partial charge in [-0.1, -0.05) is 45.2 Å². The first kappa shape index (κ1) is 18.0. The molecule has 0 aliphatic heterocycles. The van der Waals surface area contributed by atoms with Crippen LogP contribution in [0.3, 0.4) is 0 Å². The molecule has 0 aromatic heterocycles. The highest BCUT2D eigenvalue weighted by Gasteiger charge is 2.15. The van der Waals surface area contributed by atoms with Gasteiger partial charge in [-0.2, -0.15) is 0 Å². The molecule has 0 aliphatic carbocycles. The SMILES string of the molecule is CCCCCCOc1ccc(CC(C)C(CN)CO)cc1. The van der Waals surface area contributed by atoms with Crippen LogP contribution in [0.1, 0.15) is 45.1 Å². The van der Waals surface area contributed by atoms with E-state index in [-0.39, 0.29) is 12.5 Å². The van der Waals surface area contributed by atoms with Gasteiger partial charge in [0.1, 0.15) is 5.75 Å². The fourth-order valence-corrected chi connectivity index (χ4v) is 2.47. The Kier molecular flexibility index (Phi) is 9.11. The molecule has 0 saturated carbocycles. The van der Waals surface area contributed by atoms with Gasteiger partial charge in [-0.15, -0.1) is 0 Å². The van der Waals surface area contributed by atoms with Gasteiger partial charge in [0.15, 0.2) is 0 Å². The summed E-state index contributed by atoms with van der Waals surface area (Å²) >= 11 is 0. The molecule has 0 spiro atoms. The number of unbranched alkanes of at least 4 members (excludes halogenated alkanes) is 3. The standard InChI is InChI=1S/C18H31NO2/c1-3-4-5-6-11-21-18-9-7-16(8-10-18)12-15(2)17(13-19)14-20/h7-10,15,17,20H,3-6,11-14,19H2,1-2H3. The van der Waals surface area contributed by atoms with Crippen molar-refractivity contribution < 1.29 is 9.84 Å². The minimum Gasteiger partial charge on any atom is -0.494 e. The Balaban J connectivity index is 2.36. The van der Waals surface area contributed by atoms with Crippen LogP contribution in [0.15, 0.2) is 24.3 Å². The average Bonchev–Trinajstić information content (AvgIpc) is 2.50. The molecule has 0 heterocycles. The maximum atomic E-state index is 9.28. The Morgan fingerprint density at radius 2 is 1.86 bits per heavy atom. The molecule has 2 unspecified atom stereocenters. The molecule has 2 atom stereocenters. The largest absolute Gasteiger partial charge is 0.494 e. The second kappa shape index (κ2) is 10.6. The first-order valence-electron chi connectivity index (χ1n) is 8.23. The summed E-state index contributed by atoms with van der Waals surface area (Å²) in [7, 11) is 0. The zero-order valence-electron chi connectivity index (χ0n) is 13.6. The van der Waals surface area contributed by atoms with Gasteiger partial charge in [0.05, 0.1) is 6.61 Å². The molecule has 0 bridgehead atoms. The Bertz CT molecular complexity index is 360. The fraction of sp³-hybridized carbons (Fsp3) is 0.667. The maximum Gasteiger partial charge on any atom is 0.119 e. The first-order chi connectivity index (χ1) is 10.2. The topological polar surface area (TPSA) is 55.5 Å². The van der Waals surface area contributed by atoms with Crippen molar-refractivity contribution in [3.8, 4) is 5.75 Å². The van der Waals surface area contributed by atoms with Gasteiger partial charge in [-0.25, -0.2) is 0 Å². The lowest BCUT2D eigenvalue weighted by atomic mass is 9.89. The van der Waals surface area contributed by atoms with Crippen LogP contribution in [0.4, 0.5) is 0 Å². The highest BCUT2D eigenvalue weighted by Crippen LogP contribution is 2.19. The number of hydrogen-bond acceptors (Lipinski definition) is 3. The number of aliphatic hydroxyl groups is 1. The summed E-state index contributed by atoms with van der Waals surface area (Å²) in [5.41, 5.74) is 6.94. The third-order valence-corrected chi connectivity index (χ3v) is 4.09. The second-order valence-corrected chi connectivity index (χ2v) is 5.91. The lowest BCUT2D eigenvalue weighted by molar-refractivity contribution is 0.187. The van der Waals surface area contributed by atoms with E-state index in [1.165, 1.54) is 24.8 Å². The zero-order valence-corrected chi connectivity index (χ0v) is 13.6. The highest BCUT2D eigenvalue weighted by molar-refractivity contribution is 5.27. The monoisotopic (exact) mass is 293 g/mol. The van der Waals surface area contributed by atoms with Crippen LogP contribution in [0.25, 0.3) is 0 Å². The predicted octanol–water partition coefficient (Wildman–Crippen LogP) is 3.39. The summed E-state index contributed by atoms with van der Waals surface area (Å²) in [6.45, 7) is 5.86. The first-order valence-corrected chi connectivity index (χ1v) is 8.23. The molecule has 1 aromatic rings. The fourth-order valence-electron chi connectivity index (χ4n) is 2.47. The average molecular weight is 293 g/mol. The van der Waals surface area contributed by atoms with Crippen LogP contribution in [0.2, 0.25) is 0 Å². The zero-order chi connectivity index (χ0) is 15.5. The van der Waals surface area contributed by atoms with E-state index in [2.05, 4.69) is 26.0 Å². The summed E-state index contributed by atoms with van der Waals surface area (Å²) in [5, 5.41) is 9.28. The number of aliphatic hydroxyl groups excluding tert-OH is 1. The van der Waals surface area contributed by atoms with Crippen molar-refractivity contribution in [2.45, 2.75) is 46.0 Å². The molecule has 0 aliphatic rings. The molecular formula is C18H31NO2.